The van der Waals surface area contributed by atoms with Gasteiger partial charge in [-0.05, 0) is 90.9 Å². The summed E-state index contributed by atoms with van der Waals surface area (Å²) in [7, 11) is -2.79. The summed E-state index contributed by atoms with van der Waals surface area (Å²) >= 11 is 6.90. The zero-order chi connectivity index (χ0) is 32.8. The van der Waals surface area contributed by atoms with Gasteiger partial charge in [0.1, 0.15) is 0 Å². The molecule has 9 rings (SSSR count). The van der Waals surface area contributed by atoms with Crippen LogP contribution in [0.4, 0.5) is 17.1 Å². The summed E-state index contributed by atoms with van der Waals surface area (Å²) < 4.78 is 0. The third-order valence-corrected chi connectivity index (χ3v) is 15.1. The van der Waals surface area contributed by atoms with Crippen LogP contribution in [0.25, 0.3) is 33.0 Å². The van der Waals surface area contributed by atoms with Crippen LogP contribution in [0.5, 0.6) is 0 Å². The van der Waals surface area contributed by atoms with E-state index in [2.05, 4.69) is 199 Å². The number of para-hydroxylation sites is 1. The smallest absolute Gasteiger partial charge is 0.181 e. The van der Waals surface area contributed by atoms with Crippen LogP contribution in [0.1, 0.15) is 0 Å². The Kier molecular flexibility index (Phi) is 7.27. The zero-order valence-corrected chi connectivity index (χ0v) is 28.6. The maximum atomic E-state index is 6.90. The van der Waals surface area contributed by atoms with Crippen molar-refractivity contribution in [3.63, 3.8) is 0 Å². The van der Waals surface area contributed by atoms with E-state index < -0.39 is 8.07 Å². The molecule has 0 fully saturated rings. The molecule has 232 valence electrons. The van der Waals surface area contributed by atoms with Gasteiger partial charge in [-0.3, -0.25) is 0 Å². The van der Waals surface area contributed by atoms with E-state index >= 15 is 0 Å². The molecule has 49 heavy (non-hydrogen) atoms. The summed E-state index contributed by atoms with van der Waals surface area (Å²) in [6, 6.07) is 70.5. The SMILES string of the molecule is Clc1ccc2c(c1)[Si](c1ccccc1)(c1ccccc1)c1c-2cc(N(c2ccccc2)c2ccc(-c3ccccc3)cc2)c2ccccc12. The molecule has 0 saturated heterocycles. The molecule has 0 N–H and O–H groups in total. The third-order valence-electron chi connectivity index (χ3n) is 9.98. The molecule has 0 unspecified atom stereocenters. The van der Waals surface area contributed by atoms with Crippen molar-refractivity contribution in [2.75, 3.05) is 4.90 Å². The Morgan fingerprint density at radius 3 is 1.55 bits per heavy atom. The van der Waals surface area contributed by atoms with Crippen LogP contribution < -0.4 is 25.6 Å². The van der Waals surface area contributed by atoms with Crippen LogP contribution >= 0.6 is 11.6 Å². The van der Waals surface area contributed by atoms with E-state index in [1.54, 1.807) is 0 Å². The molecule has 3 heteroatoms. The molecular weight excluding hydrogens is 630 g/mol. The van der Waals surface area contributed by atoms with Crippen molar-refractivity contribution >= 4 is 68.3 Å². The van der Waals surface area contributed by atoms with Crippen molar-refractivity contribution in [3.8, 4) is 22.3 Å². The highest BCUT2D eigenvalue weighted by atomic mass is 35.5. The lowest BCUT2D eigenvalue weighted by molar-refractivity contribution is 1.30. The molecular formula is C46H32ClNSi. The van der Waals surface area contributed by atoms with Crippen LogP contribution in [-0.4, -0.2) is 8.07 Å². The van der Waals surface area contributed by atoms with E-state index in [4.69, 9.17) is 11.6 Å². The van der Waals surface area contributed by atoms with E-state index in [-0.39, 0.29) is 0 Å². The monoisotopic (exact) mass is 661 g/mol. The van der Waals surface area contributed by atoms with Gasteiger partial charge in [0.25, 0.3) is 0 Å². The number of fused-ring (bicyclic) bond motifs is 5. The molecule has 0 radical (unpaired) electrons. The molecule has 0 saturated carbocycles. The average Bonchev–Trinajstić information content (AvgIpc) is 3.47. The second kappa shape index (κ2) is 12.1. The summed E-state index contributed by atoms with van der Waals surface area (Å²) in [6.07, 6.45) is 0. The van der Waals surface area contributed by atoms with Gasteiger partial charge >= 0.3 is 0 Å². The number of rotatable bonds is 6. The highest BCUT2D eigenvalue weighted by Gasteiger charge is 2.50. The van der Waals surface area contributed by atoms with E-state index in [9.17, 15) is 0 Å². The minimum atomic E-state index is -2.79. The van der Waals surface area contributed by atoms with Gasteiger partial charge in [-0.15, -0.1) is 0 Å². The van der Waals surface area contributed by atoms with Gasteiger partial charge in [-0.25, -0.2) is 0 Å². The Morgan fingerprint density at radius 2 is 0.918 bits per heavy atom. The fourth-order valence-electron chi connectivity index (χ4n) is 7.93. The number of hydrogen-bond donors (Lipinski definition) is 0. The van der Waals surface area contributed by atoms with Crippen LogP contribution in [0.2, 0.25) is 5.02 Å². The first-order chi connectivity index (χ1) is 24.2. The molecule has 0 aliphatic carbocycles. The van der Waals surface area contributed by atoms with E-state index in [0.717, 1.165) is 22.1 Å². The second-order valence-corrected chi connectivity index (χ2v) is 16.7. The largest absolute Gasteiger partial charge is 0.310 e. The Hall–Kier alpha value is -5.67. The molecule has 1 nitrogen and oxygen atoms in total. The molecule has 1 aliphatic heterocycles. The fourth-order valence-corrected chi connectivity index (χ4v) is 13.6. The second-order valence-electron chi connectivity index (χ2n) is 12.6. The van der Waals surface area contributed by atoms with Gasteiger partial charge in [0.2, 0.25) is 0 Å². The molecule has 8 aromatic carbocycles. The van der Waals surface area contributed by atoms with Crippen LogP contribution in [0, 0.1) is 0 Å². The summed E-state index contributed by atoms with van der Waals surface area (Å²) in [6.45, 7) is 0. The maximum absolute atomic E-state index is 6.90. The lowest BCUT2D eigenvalue weighted by Gasteiger charge is -2.33. The Balaban J connectivity index is 1.37. The fraction of sp³-hybridized carbons (Fsp3) is 0. The van der Waals surface area contributed by atoms with Crippen molar-refractivity contribution in [3.05, 3.63) is 199 Å². The highest BCUT2D eigenvalue weighted by Crippen LogP contribution is 2.43. The van der Waals surface area contributed by atoms with Crippen molar-refractivity contribution in [2.24, 2.45) is 0 Å². The standard InChI is InChI=1S/C46H32ClNSi/c47-35-27-30-41-43-32-44(48(36-17-7-2-8-18-36)37-28-25-34(26-29-37)33-15-5-1-6-16-33)40-23-13-14-24-42(40)46(43)49(45(41)31-35,38-19-9-3-10-20-38)39-21-11-4-12-22-39/h1-32H. The van der Waals surface area contributed by atoms with E-state index in [1.807, 2.05) is 0 Å². The minimum absolute atomic E-state index is 0.768. The van der Waals surface area contributed by atoms with Crippen molar-refractivity contribution < 1.29 is 0 Å². The summed E-state index contributed by atoms with van der Waals surface area (Å²) in [4.78, 5) is 2.42. The van der Waals surface area contributed by atoms with Crippen LogP contribution in [0.3, 0.4) is 0 Å². The van der Waals surface area contributed by atoms with Crippen LogP contribution in [0.15, 0.2) is 194 Å². The lowest BCUT2D eigenvalue weighted by Crippen LogP contribution is -2.73. The molecule has 8 aromatic rings. The molecule has 0 bridgehead atoms. The molecule has 1 aliphatic rings. The summed E-state index contributed by atoms with van der Waals surface area (Å²) in [5, 5.41) is 8.75. The first kappa shape index (κ1) is 29.5. The molecule has 0 aromatic heterocycles. The van der Waals surface area contributed by atoms with Gasteiger partial charge < -0.3 is 4.90 Å². The molecule has 0 atom stereocenters. The molecule has 0 amide bonds. The number of anilines is 3. The van der Waals surface area contributed by atoms with E-state index in [0.29, 0.717) is 0 Å². The Bertz CT molecular complexity index is 2390. The lowest BCUT2D eigenvalue weighted by atomic mass is 9.98. The number of halogens is 1. The first-order valence-corrected chi connectivity index (χ1v) is 19.1. The minimum Gasteiger partial charge on any atom is -0.310 e. The van der Waals surface area contributed by atoms with Crippen molar-refractivity contribution in [1.82, 2.24) is 0 Å². The predicted octanol–water partition coefficient (Wildman–Crippen LogP) is 9.99. The normalized spacial score (nSPS) is 12.8. The van der Waals surface area contributed by atoms with Gasteiger partial charge in [0.05, 0.1) is 5.69 Å². The number of benzene rings is 8. The third kappa shape index (κ3) is 4.75. The van der Waals surface area contributed by atoms with Gasteiger partial charge in [0.15, 0.2) is 8.07 Å². The number of nitrogens with zero attached hydrogens (tertiary/aromatic N) is 1. The highest BCUT2D eigenvalue weighted by molar-refractivity contribution is 7.23. The predicted molar refractivity (Wildman–Crippen MR) is 212 cm³/mol. The zero-order valence-electron chi connectivity index (χ0n) is 26.8. The van der Waals surface area contributed by atoms with Gasteiger partial charge in [-0.1, -0.05) is 163 Å². The topological polar surface area (TPSA) is 3.24 Å². The quantitative estimate of drug-likeness (QED) is 0.160. The Morgan fingerprint density at radius 1 is 0.408 bits per heavy atom. The summed E-state index contributed by atoms with van der Waals surface area (Å²) in [5.74, 6) is 0. The van der Waals surface area contributed by atoms with Gasteiger partial charge in [-0.2, -0.15) is 0 Å². The average molecular weight is 662 g/mol. The van der Waals surface area contributed by atoms with Crippen molar-refractivity contribution in [2.45, 2.75) is 0 Å². The maximum Gasteiger partial charge on any atom is 0.181 e. The summed E-state index contributed by atoms with van der Waals surface area (Å²) in [5.41, 5.74) is 8.33. The first-order valence-electron chi connectivity index (χ1n) is 16.7. The van der Waals surface area contributed by atoms with Crippen molar-refractivity contribution in [1.29, 1.82) is 0 Å². The van der Waals surface area contributed by atoms with Crippen LogP contribution in [-0.2, 0) is 0 Å². The molecule has 1 heterocycles. The van der Waals surface area contributed by atoms with E-state index in [1.165, 1.54) is 53.8 Å². The number of hydrogen-bond acceptors (Lipinski definition) is 1. The Labute approximate surface area is 293 Å². The molecule has 0 spiro atoms. The van der Waals surface area contributed by atoms with Gasteiger partial charge in [0, 0.05) is 21.8 Å².